The smallest absolute Gasteiger partial charge is 0.184 e. The molecule has 16 heteroatoms. The summed E-state index contributed by atoms with van der Waals surface area (Å²) in [4.78, 5) is 0. The van der Waals surface area contributed by atoms with Crippen LogP contribution in [0.25, 0.3) is 0 Å². The predicted molar refractivity (Wildman–Crippen MR) is 195 cm³/mol. The van der Waals surface area contributed by atoms with Crippen LogP contribution in [-0.4, -0.2) is 160 Å². The zero-order valence-electron chi connectivity index (χ0n) is 34.8. The van der Waals surface area contributed by atoms with Crippen molar-refractivity contribution in [2.75, 3.05) is 46.2 Å². The normalized spacial score (nSPS) is 59.2. The van der Waals surface area contributed by atoms with Crippen molar-refractivity contribution in [3.63, 3.8) is 0 Å². The van der Waals surface area contributed by atoms with E-state index >= 15 is 0 Å². The van der Waals surface area contributed by atoms with Crippen LogP contribution in [0.1, 0.15) is 104 Å². The van der Waals surface area contributed by atoms with Crippen molar-refractivity contribution in [1.82, 2.24) is 0 Å². The molecule has 0 aromatic heterocycles. The molecule has 15 atom stereocenters. The van der Waals surface area contributed by atoms with Gasteiger partial charge in [-0.1, -0.05) is 13.8 Å². The lowest BCUT2D eigenvalue weighted by atomic mass is 9.51. The van der Waals surface area contributed by atoms with Gasteiger partial charge in [0.1, 0.15) is 33.6 Å². The summed E-state index contributed by atoms with van der Waals surface area (Å²) >= 11 is 0. The summed E-state index contributed by atoms with van der Waals surface area (Å²) in [6.07, 6.45) is 0. The highest BCUT2D eigenvalue weighted by Gasteiger charge is 2.76. The number of rotatable bonds is 11. The van der Waals surface area contributed by atoms with Crippen molar-refractivity contribution < 1.29 is 64.5 Å². The summed E-state index contributed by atoms with van der Waals surface area (Å²) in [5.41, 5.74) is -3.06. The van der Waals surface area contributed by atoms with E-state index in [1.807, 2.05) is 0 Å². The van der Waals surface area contributed by atoms with E-state index < -0.39 is 103 Å². The Morgan fingerprint density at radius 2 is 0.679 bits per heavy atom. The molecular weight excluding hydrogens is 694 g/mol. The highest BCUT2D eigenvalue weighted by molar-refractivity contribution is 5.27. The van der Waals surface area contributed by atoms with Crippen LogP contribution in [0.3, 0.4) is 0 Å². The van der Waals surface area contributed by atoms with Gasteiger partial charge in [0.15, 0.2) is 5.79 Å². The molecule has 0 aromatic rings. The van der Waals surface area contributed by atoms with Crippen molar-refractivity contribution in [1.29, 1.82) is 0 Å². The fourth-order valence-corrected chi connectivity index (χ4v) is 9.20. The van der Waals surface area contributed by atoms with E-state index in [2.05, 4.69) is 0 Å². The molecule has 3 saturated heterocycles. The third-order valence-corrected chi connectivity index (χ3v) is 16.4. The number of nitrogens with two attached hydrogens (primary N) is 3. The van der Waals surface area contributed by atoms with Gasteiger partial charge in [-0.25, -0.2) is 0 Å². The number of aliphatic hydroxyl groups excluding tert-OH is 3. The lowest BCUT2D eigenvalue weighted by Crippen LogP contribution is -2.88. The number of hydrogen-bond acceptors (Lipinski definition) is 16. The second kappa shape index (κ2) is 12.7. The third-order valence-electron chi connectivity index (χ3n) is 16.4. The molecule has 0 bridgehead atoms. The summed E-state index contributed by atoms with van der Waals surface area (Å²) in [5, 5.41) is 90.5. The Morgan fingerprint density at radius 3 is 1.04 bits per heavy atom. The third kappa shape index (κ3) is 5.53. The Bertz CT molecular complexity index is 1390. The lowest BCUT2D eigenvalue weighted by Gasteiger charge is -2.69. The van der Waals surface area contributed by atoms with Gasteiger partial charge in [0.05, 0.1) is 90.5 Å². The van der Waals surface area contributed by atoms with E-state index in [4.69, 9.17) is 40.9 Å². The van der Waals surface area contributed by atoms with Crippen molar-refractivity contribution >= 4 is 0 Å². The molecule has 0 spiro atoms. The van der Waals surface area contributed by atoms with Crippen molar-refractivity contribution in [2.24, 2.45) is 28.0 Å². The van der Waals surface area contributed by atoms with Gasteiger partial charge in [-0.05, 0) is 90.0 Å². The Labute approximate surface area is 315 Å². The van der Waals surface area contributed by atoms with Gasteiger partial charge in [0, 0.05) is 0 Å². The standard InChI is InChI=1S/C37H73N3O13/c1-23(19-49-22-29(7)31(9,39)36(14,47)35(13,46)27(5,18-43)52-29)25(3,16-41)51-28(6,30(8,38)33(23,11)44)21-50-20-24(2)26(4,17-42)53-37(15,48)32(10,40)34(24,12)45/h41-48H,16-22,38-40H2,1-15H3/t23-,24-,25?,26?,27?,28+,29+,30?,31?,32?,33-,34-,35-,36+,37-/m1/s1. The number of hydrogen-bond donors (Lipinski definition) is 11. The average molecular weight is 768 g/mol. The minimum absolute atomic E-state index is 0.271. The molecule has 6 unspecified atom stereocenters. The maximum Gasteiger partial charge on any atom is 0.184 e. The van der Waals surface area contributed by atoms with Crippen LogP contribution in [0.4, 0.5) is 0 Å². The van der Waals surface area contributed by atoms with Crippen LogP contribution in [0.2, 0.25) is 0 Å². The summed E-state index contributed by atoms with van der Waals surface area (Å²) < 4.78 is 31.6. The van der Waals surface area contributed by atoms with E-state index in [1.165, 1.54) is 55.4 Å². The first-order valence-electron chi connectivity index (χ1n) is 18.3. The number of aliphatic hydroxyl groups is 8. The zero-order chi connectivity index (χ0) is 42.0. The predicted octanol–water partition coefficient (Wildman–Crippen LogP) is -1.24. The summed E-state index contributed by atoms with van der Waals surface area (Å²) in [6, 6.07) is 0. The molecule has 0 aliphatic carbocycles. The topological polar surface area (TPSA) is 286 Å². The molecule has 314 valence electrons. The maximum atomic E-state index is 12.6. The van der Waals surface area contributed by atoms with Gasteiger partial charge in [0.25, 0.3) is 0 Å². The Hall–Kier alpha value is -0.640. The molecule has 3 heterocycles. The molecule has 3 aliphatic heterocycles. The van der Waals surface area contributed by atoms with E-state index in [0.29, 0.717) is 0 Å². The second-order valence-corrected chi connectivity index (χ2v) is 19.5. The molecule has 0 amide bonds. The van der Waals surface area contributed by atoms with E-state index in [0.717, 1.165) is 0 Å². The molecule has 3 rings (SSSR count). The van der Waals surface area contributed by atoms with Gasteiger partial charge in [-0.2, -0.15) is 0 Å². The van der Waals surface area contributed by atoms with Crippen LogP contribution >= 0.6 is 0 Å². The largest absolute Gasteiger partial charge is 0.393 e. The first-order chi connectivity index (χ1) is 23.2. The fraction of sp³-hybridized carbons (Fsp3) is 1.00. The minimum Gasteiger partial charge on any atom is -0.393 e. The molecule has 3 fully saturated rings. The molecule has 0 saturated carbocycles. The molecule has 16 nitrogen and oxygen atoms in total. The van der Waals surface area contributed by atoms with Crippen LogP contribution in [0.15, 0.2) is 0 Å². The van der Waals surface area contributed by atoms with Gasteiger partial charge >= 0.3 is 0 Å². The summed E-state index contributed by atoms with van der Waals surface area (Å²) in [6.45, 7) is 19.8. The Morgan fingerprint density at radius 1 is 0.377 bits per heavy atom. The number of ether oxygens (including phenoxy) is 5. The van der Waals surface area contributed by atoms with Gasteiger partial charge < -0.3 is 81.7 Å². The summed E-state index contributed by atoms with van der Waals surface area (Å²) in [5.74, 6) is -2.03. The minimum atomic E-state index is -2.03. The monoisotopic (exact) mass is 768 g/mol. The van der Waals surface area contributed by atoms with Crippen molar-refractivity contribution in [3.05, 3.63) is 0 Å². The lowest BCUT2D eigenvalue weighted by molar-refractivity contribution is -0.408. The molecule has 0 radical (unpaired) electrons. The van der Waals surface area contributed by atoms with Crippen LogP contribution in [0.5, 0.6) is 0 Å². The maximum absolute atomic E-state index is 12.6. The summed E-state index contributed by atoms with van der Waals surface area (Å²) in [7, 11) is 0. The molecule has 14 N–H and O–H groups in total. The molecule has 3 aliphatic rings. The highest BCUT2D eigenvalue weighted by atomic mass is 16.7. The zero-order valence-corrected chi connectivity index (χ0v) is 34.8. The first kappa shape index (κ1) is 46.7. The molecule has 53 heavy (non-hydrogen) atoms. The van der Waals surface area contributed by atoms with Gasteiger partial charge in [0.2, 0.25) is 0 Å². The second-order valence-electron chi connectivity index (χ2n) is 19.5. The van der Waals surface area contributed by atoms with Gasteiger partial charge in [-0.15, -0.1) is 0 Å². The molecule has 0 aromatic carbocycles. The SMILES string of the molecule is CC1(N)[C@](C)(O)[C@](C)(COC[C@]2(C)OC(C)(CO)[C@@](C)(COC[C@]3(C)OC(C)(CO)[C@@](C)(O)[C@@](C)(O)C3(C)N)[C@@](C)(O)C2(C)N)C(C)(CO)O[C@@]1(C)O. The van der Waals surface area contributed by atoms with Crippen LogP contribution in [-0.2, 0) is 23.7 Å². The van der Waals surface area contributed by atoms with E-state index in [1.54, 1.807) is 48.5 Å². The van der Waals surface area contributed by atoms with E-state index in [9.17, 15) is 40.9 Å². The first-order valence-corrected chi connectivity index (χ1v) is 18.3. The average Bonchev–Trinajstić information content (AvgIpc) is 3.01. The molecular formula is C37H73N3O13. The van der Waals surface area contributed by atoms with Crippen LogP contribution in [0, 0.1) is 10.8 Å². The Kier molecular flexibility index (Phi) is 11.2. The quantitative estimate of drug-likeness (QED) is 0.117. The van der Waals surface area contributed by atoms with Gasteiger partial charge in [-0.3, -0.25) is 0 Å². The van der Waals surface area contributed by atoms with Crippen molar-refractivity contribution in [2.45, 2.75) is 177 Å². The van der Waals surface area contributed by atoms with E-state index in [-0.39, 0.29) is 26.4 Å². The fourth-order valence-electron chi connectivity index (χ4n) is 9.20. The Balaban J connectivity index is 1.96. The highest BCUT2D eigenvalue weighted by Crippen LogP contribution is 2.60. The van der Waals surface area contributed by atoms with Crippen LogP contribution < -0.4 is 17.2 Å². The van der Waals surface area contributed by atoms with Crippen molar-refractivity contribution in [3.8, 4) is 0 Å².